The van der Waals surface area contributed by atoms with Crippen molar-refractivity contribution < 1.29 is 9.53 Å². The maximum absolute atomic E-state index is 12.4. The van der Waals surface area contributed by atoms with Crippen molar-refractivity contribution in [1.29, 1.82) is 0 Å². The highest BCUT2D eigenvalue weighted by Crippen LogP contribution is 2.21. The molecule has 100 valence electrons. The van der Waals surface area contributed by atoms with Gasteiger partial charge < -0.3 is 9.72 Å². The largest absolute Gasteiger partial charge is 0.464 e. The number of carbonyl (C=O) groups excluding carboxylic acids is 1. The van der Waals surface area contributed by atoms with Crippen molar-refractivity contribution in [2.24, 2.45) is 0 Å². The number of aromatic nitrogens is 1. The topological polar surface area (TPSA) is 76.2 Å². The van der Waals surface area contributed by atoms with Crippen LogP contribution in [0.5, 0.6) is 0 Å². The average Bonchev–Trinajstić information content (AvgIpc) is 2.47. The minimum absolute atomic E-state index is 0.0235. The molecular formula is C14H9NO4S. The fraction of sp³-hybridized carbons (Fsp3) is 0.0714. The molecule has 1 N–H and O–H groups in total. The van der Waals surface area contributed by atoms with Gasteiger partial charge in [0.15, 0.2) is 5.43 Å². The standard InChI is InChI=1S/C14H9NO4S/c1-19-14(18)8-6-9(16)13-11(15-8)12(17)7-4-2-3-5-10(7)20-13/h2-6H,1H3,(H,15,16). The van der Waals surface area contributed by atoms with Gasteiger partial charge in [-0.2, -0.15) is 0 Å². The molecule has 0 unspecified atom stereocenters. The molecule has 0 amide bonds. The molecule has 2 heterocycles. The lowest BCUT2D eigenvalue weighted by atomic mass is 10.2. The molecule has 2 aromatic heterocycles. The molecule has 0 aliphatic heterocycles. The van der Waals surface area contributed by atoms with Gasteiger partial charge in [0.2, 0.25) is 5.43 Å². The first kappa shape index (κ1) is 12.6. The first-order chi connectivity index (χ1) is 9.61. The number of aromatic amines is 1. The van der Waals surface area contributed by atoms with Crippen LogP contribution in [0, 0.1) is 0 Å². The van der Waals surface area contributed by atoms with Crippen LogP contribution in [0.25, 0.3) is 20.3 Å². The predicted molar refractivity (Wildman–Crippen MR) is 77.6 cm³/mol. The number of esters is 1. The summed E-state index contributed by atoms with van der Waals surface area (Å²) in [5, 5.41) is 0.516. The summed E-state index contributed by atoms with van der Waals surface area (Å²) in [5.41, 5.74) is -0.546. The summed E-state index contributed by atoms with van der Waals surface area (Å²) < 4.78 is 5.60. The number of fused-ring (bicyclic) bond motifs is 2. The van der Waals surface area contributed by atoms with E-state index in [-0.39, 0.29) is 22.1 Å². The number of ether oxygens (including phenoxy) is 1. The Bertz CT molecular complexity index is 955. The highest BCUT2D eigenvalue weighted by molar-refractivity contribution is 7.24. The molecule has 0 radical (unpaired) electrons. The Morgan fingerprint density at radius 3 is 2.75 bits per heavy atom. The molecule has 3 rings (SSSR count). The zero-order valence-corrected chi connectivity index (χ0v) is 11.2. The number of benzene rings is 1. The second kappa shape index (κ2) is 4.57. The summed E-state index contributed by atoms with van der Waals surface area (Å²) in [6, 6.07) is 8.19. The molecule has 0 saturated carbocycles. The molecule has 0 aliphatic rings. The fourth-order valence-corrected chi connectivity index (χ4v) is 3.06. The van der Waals surface area contributed by atoms with Crippen LogP contribution in [0.2, 0.25) is 0 Å². The number of rotatable bonds is 1. The minimum atomic E-state index is -0.679. The van der Waals surface area contributed by atoms with Crippen LogP contribution in [0.1, 0.15) is 10.5 Å². The average molecular weight is 287 g/mol. The number of carbonyl (C=O) groups is 1. The molecule has 0 fully saturated rings. The Labute approximate surface area is 116 Å². The highest BCUT2D eigenvalue weighted by Gasteiger charge is 2.13. The van der Waals surface area contributed by atoms with Gasteiger partial charge in [-0.25, -0.2) is 4.79 Å². The van der Waals surface area contributed by atoms with Crippen LogP contribution in [0.4, 0.5) is 0 Å². The van der Waals surface area contributed by atoms with Gasteiger partial charge >= 0.3 is 5.97 Å². The lowest BCUT2D eigenvalue weighted by Crippen LogP contribution is -2.15. The van der Waals surface area contributed by atoms with Crippen LogP contribution < -0.4 is 10.9 Å². The zero-order chi connectivity index (χ0) is 14.3. The normalized spacial score (nSPS) is 10.8. The minimum Gasteiger partial charge on any atom is -0.464 e. The quantitative estimate of drug-likeness (QED) is 0.548. The van der Waals surface area contributed by atoms with Crippen LogP contribution in [0.15, 0.2) is 39.9 Å². The van der Waals surface area contributed by atoms with Crippen molar-refractivity contribution in [3.8, 4) is 0 Å². The number of pyridine rings is 1. The van der Waals surface area contributed by atoms with E-state index in [1.165, 1.54) is 18.4 Å². The molecule has 0 aliphatic carbocycles. The molecule has 0 spiro atoms. The predicted octanol–water partition coefficient (Wildman–Crippen LogP) is 1.89. The van der Waals surface area contributed by atoms with Gasteiger partial charge in [-0.05, 0) is 12.1 Å². The van der Waals surface area contributed by atoms with Gasteiger partial charge in [0.1, 0.15) is 15.9 Å². The van der Waals surface area contributed by atoms with Crippen molar-refractivity contribution in [1.82, 2.24) is 4.98 Å². The Kier molecular flexibility index (Phi) is 2.87. The third-order valence-electron chi connectivity index (χ3n) is 2.96. The number of nitrogens with one attached hydrogen (secondary N) is 1. The smallest absolute Gasteiger partial charge is 0.354 e. The zero-order valence-electron chi connectivity index (χ0n) is 10.4. The van der Waals surface area contributed by atoms with Crippen molar-refractivity contribution >= 4 is 37.6 Å². The second-order valence-corrected chi connectivity index (χ2v) is 5.22. The maximum Gasteiger partial charge on any atom is 0.354 e. The fourth-order valence-electron chi connectivity index (χ4n) is 2.02. The van der Waals surface area contributed by atoms with Gasteiger partial charge in [0, 0.05) is 16.2 Å². The third-order valence-corrected chi connectivity index (χ3v) is 4.15. The molecule has 5 nitrogen and oxygen atoms in total. The molecule has 1 aromatic carbocycles. The van der Waals surface area contributed by atoms with Crippen molar-refractivity contribution in [2.45, 2.75) is 0 Å². The number of methoxy groups -OCH3 is 1. The second-order valence-electron chi connectivity index (χ2n) is 4.17. The first-order valence-corrected chi connectivity index (χ1v) is 6.60. The van der Waals surface area contributed by atoms with E-state index in [4.69, 9.17) is 0 Å². The van der Waals surface area contributed by atoms with E-state index in [0.29, 0.717) is 10.1 Å². The molecular weight excluding hydrogens is 278 g/mol. The van der Waals surface area contributed by atoms with Crippen LogP contribution in [0.3, 0.4) is 0 Å². The highest BCUT2D eigenvalue weighted by atomic mass is 32.1. The summed E-state index contributed by atoms with van der Waals surface area (Å²) in [6.07, 6.45) is 0. The van der Waals surface area contributed by atoms with Crippen molar-refractivity contribution in [2.75, 3.05) is 7.11 Å². The van der Waals surface area contributed by atoms with E-state index < -0.39 is 5.97 Å². The Balaban J connectivity index is 2.50. The Hall–Kier alpha value is -2.47. The van der Waals surface area contributed by atoms with Gasteiger partial charge in [0.25, 0.3) is 0 Å². The van der Waals surface area contributed by atoms with E-state index in [1.807, 2.05) is 0 Å². The van der Waals surface area contributed by atoms with Gasteiger partial charge in [-0.3, -0.25) is 9.59 Å². The molecule has 0 saturated heterocycles. The van der Waals surface area contributed by atoms with E-state index >= 15 is 0 Å². The van der Waals surface area contributed by atoms with E-state index in [0.717, 1.165) is 10.8 Å². The molecule has 20 heavy (non-hydrogen) atoms. The summed E-state index contributed by atoms with van der Waals surface area (Å²) in [7, 11) is 1.21. The van der Waals surface area contributed by atoms with Crippen molar-refractivity contribution in [3.05, 3.63) is 56.5 Å². The Morgan fingerprint density at radius 2 is 2.00 bits per heavy atom. The van der Waals surface area contributed by atoms with Crippen LogP contribution in [-0.2, 0) is 4.74 Å². The van der Waals surface area contributed by atoms with Crippen molar-refractivity contribution in [3.63, 3.8) is 0 Å². The SMILES string of the molecule is COC(=O)c1cc(=O)c2sc3ccccc3c(=O)c2[nH]1. The monoisotopic (exact) mass is 287 g/mol. The maximum atomic E-state index is 12.4. The molecule has 0 bridgehead atoms. The van der Waals surface area contributed by atoms with E-state index in [1.54, 1.807) is 24.3 Å². The molecule has 6 heteroatoms. The summed E-state index contributed by atoms with van der Waals surface area (Å²) in [4.78, 5) is 38.6. The lowest BCUT2D eigenvalue weighted by molar-refractivity contribution is 0.0594. The summed E-state index contributed by atoms with van der Waals surface area (Å²) >= 11 is 1.22. The van der Waals surface area contributed by atoms with Gasteiger partial charge in [0.05, 0.1) is 7.11 Å². The summed E-state index contributed by atoms with van der Waals surface area (Å²) in [5.74, 6) is -0.679. The molecule has 0 atom stereocenters. The first-order valence-electron chi connectivity index (χ1n) is 5.79. The lowest BCUT2D eigenvalue weighted by Gasteiger charge is -2.03. The van der Waals surface area contributed by atoms with E-state index in [9.17, 15) is 14.4 Å². The van der Waals surface area contributed by atoms with Gasteiger partial charge in [-0.15, -0.1) is 11.3 Å². The molecule has 3 aromatic rings. The Morgan fingerprint density at radius 1 is 1.25 bits per heavy atom. The summed E-state index contributed by atoms with van der Waals surface area (Å²) in [6.45, 7) is 0. The van der Waals surface area contributed by atoms with E-state index in [2.05, 4.69) is 9.72 Å². The number of H-pyrrole nitrogens is 1. The number of hydrogen-bond donors (Lipinski definition) is 1. The van der Waals surface area contributed by atoms with Gasteiger partial charge in [-0.1, -0.05) is 12.1 Å². The number of hydrogen-bond acceptors (Lipinski definition) is 5. The van der Waals surface area contributed by atoms with Crippen LogP contribution >= 0.6 is 11.3 Å². The third kappa shape index (κ3) is 1.81. The van der Waals surface area contributed by atoms with Crippen LogP contribution in [-0.4, -0.2) is 18.1 Å².